The summed E-state index contributed by atoms with van der Waals surface area (Å²) in [7, 11) is 0. The number of thiophene rings is 1. The number of likely N-dealkylation sites (tertiary alicyclic amines) is 1. The molecule has 2 aliphatic heterocycles. The normalized spacial score (nSPS) is 19.5. The van der Waals surface area contributed by atoms with Crippen molar-refractivity contribution in [3.8, 4) is 0 Å². The van der Waals surface area contributed by atoms with Crippen LogP contribution in [0.25, 0.3) is 27.8 Å². The summed E-state index contributed by atoms with van der Waals surface area (Å²) in [5, 5.41) is 15.7. The fourth-order valence-corrected chi connectivity index (χ4v) is 7.01. The number of benzene rings is 1. The third-order valence-corrected chi connectivity index (χ3v) is 9.02. The standard InChI is InChI=1S/C30H32N6O2S/c1-19-31-26-9-4-6-20(14-27(26)38-19)29-24-17-36(13-11-25(24)33-34-29)30(37)32-22-7-5-12-35(16-22)15-21-18-39-28-10-3-2-8-23(21)28/h2-3,6,8-10,14,18,22H,4-5,7,11-13,15-17H2,1H3,(H,32,37)(H,33,34)/t22-/m1/s1. The molecule has 0 radical (unpaired) electrons. The van der Waals surface area contributed by atoms with Gasteiger partial charge in [-0.3, -0.25) is 10.00 Å². The minimum Gasteiger partial charge on any atom is -0.441 e. The number of hydrogen-bond acceptors (Lipinski definition) is 6. The Bertz CT molecular complexity index is 1700. The molecule has 4 aromatic rings. The number of piperidine rings is 1. The molecule has 8 nitrogen and oxygen atoms in total. The topological polar surface area (TPSA) is 90.3 Å². The summed E-state index contributed by atoms with van der Waals surface area (Å²) >= 11 is 1.81. The molecule has 1 aliphatic carbocycles. The molecular formula is C30H32N6O2S. The fourth-order valence-electron chi connectivity index (χ4n) is 6.06. The number of rotatable bonds is 4. The smallest absolute Gasteiger partial charge is 0.317 e. The highest BCUT2D eigenvalue weighted by Crippen LogP contribution is 2.29. The van der Waals surface area contributed by atoms with Crippen LogP contribution in [0.15, 0.2) is 40.1 Å². The Morgan fingerprint density at radius 1 is 1.26 bits per heavy atom. The highest BCUT2D eigenvalue weighted by Gasteiger charge is 2.29. The zero-order valence-corrected chi connectivity index (χ0v) is 22.9. The number of aromatic nitrogens is 3. The quantitative estimate of drug-likeness (QED) is 0.412. The van der Waals surface area contributed by atoms with E-state index in [0.717, 1.165) is 78.6 Å². The number of allylic oxidation sites excluding steroid dienone is 2. The first kappa shape index (κ1) is 24.4. The molecule has 0 saturated carbocycles. The van der Waals surface area contributed by atoms with Crippen LogP contribution in [-0.4, -0.2) is 56.7 Å². The molecular weight excluding hydrogens is 508 g/mol. The lowest BCUT2D eigenvalue weighted by Gasteiger charge is -2.35. The number of aryl methyl sites for hydroxylation is 1. The number of oxazole rings is 1. The minimum absolute atomic E-state index is 0.0148. The summed E-state index contributed by atoms with van der Waals surface area (Å²) in [5.41, 5.74) is 6.24. The van der Waals surface area contributed by atoms with Gasteiger partial charge in [-0.25, -0.2) is 9.78 Å². The van der Waals surface area contributed by atoms with Crippen molar-refractivity contribution in [3.05, 3.63) is 74.9 Å². The first-order valence-corrected chi connectivity index (χ1v) is 14.6. The van der Waals surface area contributed by atoms with Gasteiger partial charge in [-0.1, -0.05) is 30.4 Å². The Hall–Kier alpha value is -3.69. The van der Waals surface area contributed by atoms with Gasteiger partial charge in [-0.05, 0) is 54.3 Å². The minimum atomic E-state index is 0.0148. The van der Waals surface area contributed by atoms with Crippen molar-refractivity contribution in [2.45, 2.75) is 51.7 Å². The predicted octanol–water partition coefficient (Wildman–Crippen LogP) is 3.70. The van der Waals surface area contributed by atoms with Crippen molar-refractivity contribution < 1.29 is 9.21 Å². The average Bonchev–Trinajstić information content (AvgIpc) is 3.61. The number of carbonyl (C=O) groups is 1. The molecule has 7 rings (SSSR count). The summed E-state index contributed by atoms with van der Waals surface area (Å²) in [5.74, 6) is 0.658. The highest BCUT2D eigenvalue weighted by atomic mass is 32.1. The third-order valence-electron chi connectivity index (χ3n) is 8.01. The highest BCUT2D eigenvalue weighted by molar-refractivity contribution is 7.17. The number of urea groups is 1. The Labute approximate surface area is 230 Å². The van der Waals surface area contributed by atoms with E-state index in [0.29, 0.717) is 19.0 Å². The number of nitrogens with one attached hydrogen (secondary N) is 2. The maximum Gasteiger partial charge on any atom is 0.317 e. The van der Waals surface area contributed by atoms with E-state index in [1.54, 1.807) is 0 Å². The van der Waals surface area contributed by atoms with Crippen LogP contribution in [0, 0.1) is 6.92 Å². The predicted molar refractivity (Wildman–Crippen MR) is 153 cm³/mol. The SMILES string of the molecule is Cc1nc2c(o1)=CC(c1n[nH]c3c1CN(C(=O)N[C@@H]1CCCN(Cc4csc5ccccc45)C1)CC3)=CCC=2. The number of amides is 2. The summed E-state index contributed by atoms with van der Waals surface area (Å²) in [6.07, 6.45) is 9.87. The number of fused-ring (bicyclic) bond motifs is 3. The molecule has 2 amide bonds. The van der Waals surface area contributed by atoms with Crippen molar-refractivity contribution in [1.82, 2.24) is 30.3 Å². The van der Waals surface area contributed by atoms with Crippen LogP contribution in [0.1, 0.15) is 47.7 Å². The zero-order valence-electron chi connectivity index (χ0n) is 22.1. The number of carbonyl (C=O) groups excluding carboxylic acids is 1. The van der Waals surface area contributed by atoms with Crippen LogP contribution in [0.5, 0.6) is 0 Å². The van der Waals surface area contributed by atoms with Crippen LogP contribution in [0.3, 0.4) is 0 Å². The van der Waals surface area contributed by atoms with E-state index in [-0.39, 0.29) is 12.1 Å². The Balaban J connectivity index is 1.03. The maximum absolute atomic E-state index is 13.4. The molecule has 0 bridgehead atoms. The molecule has 5 heterocycles. The van der Waals surface area contributed by atoms with Gasteiger partial charge >= 0.3 is 6.03 Å². The number of nitrogens with zero attached hydrogens (tertiary/aromatic N) is 4. The van der Waals surface area contributed by atoms with Crippen molar-refractivity contribution in [2.75, 3.05) is 19.6 Å². The van der Waals surface area contributed by atoms with Crippen LogP contribution in [0.2, 0.25) is 0 Å². The van der Waals surface area contributed by atoms with Crippen LogP contribution in [0.4, 0.5) is 4.79 Å². The molecule has 1 aromatic carbocycles. The summed E-state index contributed by atoms with van der Waals surface area (Å²) in [6, 6.07) is 8.79. The molecule has 1 atom stereocenters. The molecule has 0 spiro atoms. The van der Waals surface area contributed by atoms with E-state index in [1.807, 2.05) is 29.2 Å². The van der Waals surface area contributed by atoms with E-state index >= 15 is 0 Å². The van der Waals surface area contributed by atoms with Gasteiger partial charge in [0, 0.05) is 60.6 Å². The average molecular weight is 541 g/mol. The number of aromatic amines is 1. The van der Waals surface area contributed by atoms with Gasteiger partial charge in [-0.2, -0.15) is 5.10 Å². The van der Waals surface area contributed by atoms with E-state index in [9.17, 15) is 4.79 Å². The molecule has 2 N–H and O–H groups in total. The molecule has 1 fully saturated rings. The monoisotopic (exact) mass is 540 g/mol. The van der Waals surface area contributed by atoms with Crippen LogP contribution >= 0.6 is 11.3 Å². The van der Waals surface area contributed by atoms with Gasteiger partial charge < -0.3 is 14.6 Å². The first-order chi connectivity index (χ1) is 19.1. The molecule has 200 valence electrons. The van der Waals surface area contributed by atoms with E-state index < -0.39 is 0 Å². The van der Waals surface area contributed by atoms with E-state index in [2.05, 4.69) is 67.2 Å². The van der Waals surface area contributed by atoms with Gasteiger partial charge in [0.2, 0.25) is 0 Å². The maximum atomic E-state index is 13.4. The molecule has 9 heteroatoms. The second-order valence-electron chi connectivity index (χ2n) is 10.7. The zero-order chi connectivity index (χ0) is 26.3. The van der Waals surface area contributed by atoms with Crippen molar-refractivity contribution in [1.29, 1.82) is 0 Å². The van der Waals surface area contributed by atoms with Gasteiger partial charge in [0.05, 0.1) is 12.2 Å². The fraction of sp³-hybridized carbons (Fsp3) is 0.367. The van der Waals surface area contributed by atoms with Gasteiger partial charge in [-0.15, -0.1) is 11.3 Å². The van der Waals surface area contributed by atoms with Gasteiger partial charge in [0.1, 0.15) is 5.35 Å². The van der Waals surface area contributed by atoms with E-state index in [1.165, 1.54) is 15.6 Å². The molecule has 3 aromatic heterocycles. The van der Waals surface area contributed by atoms with Crippen molar-refractivity contribution >= 4 is 45.2 Å². The summed E-state index contributed by atoms with van der Waals surface area (Å²) in [6.45, 7) is 5.96. The van der Waals surface area contributed by atoms with Gasteiger partial charge in [0.15, 0.2) is 11.3 Å². The lowest BCUT2D eigenvalue weighted by atomic mass is 10.0. The Morgan fingerprint density at radius 2 is 2.18 bits per heavy atom. The summed E-state index contributed by atoms with van der Waals surface area (Å²) < 4.78 is 7.15. The Kier molecular flexibility index (Phi) is 6.33. The van der Waals surface area contributed by atoms with Crippen LogP contribution in [-0.2, 0) is 19.5 Å². The molecule has 0 unspecified atom stereocenters. The number of hydrogen-bond donors (Lipinski definition) is 2. The lowest BCUT2D eigenvalue weighted by Crippen LogP contribution is -2.52. The van der Waals surface area contributed by atoms with E-state index in [4.69, 9.17) is 4.42 Å². The molecule has 39 heavy (non-hydrogen) atoms. The first-order valence-electron chi connectivity index (χ1n) is 13.8. The van der Waals surface area contributed by atoms with Crippen molar-refractivity contribution in [3.63, 3.8) is 0 Å². The van der Waals surface area contributed by atoms with Gasteiger partial charge in [0.25, 0.3) is 0 Å². The van der Waals surface area contributed by atoms with Crippen molar-refractivity contribution in [2.24, 2.45) is 0 Å². The Morgan fingerprint density at radius 3 is 3.13 bits per heavy atom. The summed E-state index contributed by atoms with van der Waals surface area (Å²) in [4.78, 5) is 22.3. The lowest BCUT2D eigenvalue weighted by molar-refractivity contribution is 0.160. The largest absolute Gasteiger partial charge is 0.441 e. The molecule has 3 aliphatic rings. The second kappa shape index (κ2) is 10.1. The number of H-pyrrole nitrogens is 1. The third kappa shape index (κ3) is 4.81. The van der Waals surface area contributed by atoms with Crippen LogP contribution < -0.4 is 16.1 Å². The second-order valence-corrected chi connectivity index (χ2v) is 11.6. The molecule has 1 saturated heterocycles.